The topological polar surface area (TPSA) is 32.3 Å². The second-order valence-electron chi connectivity index (χ2n) is 6.63. The molecule has 2 nitrogen and oxygen atoms in total. The average molecular weight is 273 g/mol. The van der Waals surface area contributed by atoms with Gasteiger partial charge in [0.2, 0.25) is 0 Å². The van der Waals surface area contributed by atoms with Crippen LogP contribution in [0, 0.1) is 11.8 Å². The van der Waals surface area contributed by atoms with Crippen molar-refractivity contribution in [2.24, 2.45) is 11.8 Å². The fourth-order valence-electron chi connectivity index (χ4n) is 3.52. The molecule has 2 aliphatic rings. The lowest BCUT2D eigenvalue weighted by Gasteiger charge is -2.30. The highest BCUT2D eigenvalue weighted by Crippen LogP contribution is 2.39. The van der Waals surface area contributed by atoms with Crippen LogP contribution in [0.2, 0.25) is 0 Å². The molecular formula is C18H27NO. The van der Waals surface area contributed by atoms with Crippen LogP contribution >= 0.6 is 0 Å². The van der Waals surface area contributed by atoms with E-state index in [0.29, 0.717) is 18.4 Å². The number of hydrogen-bond donors (Lipinski definition) is 2. The van der Waals surface area contributed by atoms with Gasteiger partial charge in [-0.05, 0) is 61.1 Å². The summed E-state index contributed by atoms with van der Waals surface area (Å²) in [4.78, 5) is 0. The zero-order chi connectivity index (χ0) is 13.8. The van der Waals surface area contributed by atoms with Crippen LogP contribution in [-0.4, -0.2) is 18.3 Å². The molecule has 3 rings (SSSR count). The summed E-state index contributed by atoms with van der Waals surface area (Å²) >= 11 is 0. The number of hydrogen-bond acceptors (Lipinski definition) is 2. The number of benzene rings is 1. The number of rotatable bonds is 6. The van der Waals surface area contributed by atoms with Crippen molar-refractivity contribution in [3.8, 4) is 0 Å². The molecule has 0 aromatic heterocycles. The van der Waals surface area contributed by atoms with Gasteiger partial charge in [0.1, 0.15) is 0 Å². The summed E-state index contributed by atoms with van der Waals surface area (Å²) in [6, 6.07) is 9.13. The van der Waals surface area contributed by atoms with Crippen LogP contribution in [0.1, 0.15) is 55.6 Å². The highest BCUT2D eigenvalue weighted by Gasteiger charge is 2.24. The highest BCUT2D eigenvalue weighted by molar-refractivity contribution is 5.27. The molecule has 0 amide bonds. The van der Waals surface area contributed by atoms with Crippen molar-refractivity contribution in [1.29, 1.82) is 0 Å². The lowest BCUT2D eigenvalue weighted by molar-refractivity contribution is 0.133. The lowest BCUT2D eigenvalue weighted by atomic mass is 9.79. The van der Waals surface area contributed by atoms with E-state index in [0.717, 1.165) is 19.0 Å². The van der Waals surface area contributed by atoms with E-state index in [1.54, 1.807) is 0 Å². The van der Waals surface area contributed by atoms with Gasteiger partial charge in [-0.1, -0.05) is 37.1 Å². The Morgan fingerprint density at radius 2 is 1.65 bits per heavy atom. The molecule has 2 fully saturated rings. The molecule has 110 valence electrons. The van der Waals surface area contributed by atoms with Gasteiger partial charge < -0.3 is 10.4 Å². The Balaban J connectivity index is 1.44. The fraction of sp³-hybridized carbons (Fsp3) is 0.667. The summed E-state index contributed by atoms with van der Waals surface area (Å²) in [6.07, 6.45) is 7.87. The van der Waals surface area contributed by atoms with Gasteiger partial charge >= 0.3 is 0 Å². The molecular weight excluding hydrogens is 246 g/mol. The van der Waals surface area contributed by atoms with Crippen LogP contribution in [0.25, 0.3) is 0 Å². The zero-order valence-corrected chi connectivity index (χ0v) is 12.4. The monoisotopic (exact) mass is 273 g/mol. The first-order valence-electron chi connectivity index (χ1n) is 8.27. The number of nitrogens with one attached hydrogen (secondary N) is 1. The van der Waals surface area contributed by atoms with Crippen molar-refractivity contribution < 1.29 is 5.11 Å². The van der Waals surface area contributed by atoms with Crippen molar-refractivity contribution in [1.82, 2.24) is 5.32 Å². The maximum absolute atomic E-state index is 9.44. The highest BCUT2D eigenvalue weighted by atomic mass is 16.3. The van der Waals surface area contributed by atoms with Crippen LogP contribution in [0.15, 0.2) is 24.3 Å². The first-order valence-corrected chi connectivity index (χ1v) is 8.27. The molecule has 0 spiro atoms. The molecule has 1 aromatic carbocycles. The third-order valence-corrected chi connectivity index (χ3v) is 5.07. The summed E-state index contributed by atoms with van der Waals surface area (Å²) in [6.45, 7) is 2.37. The molecule has 2 atom stereocenters. The number of aliphatic hydroxyl groups excluding tert-OH is 1. The molecule has 2 saturated carbocycles. The Hall–Kier alpha value is -0.860. The fourth-order valence-corrected chi connectivity index (χ4v) is 3.52. The van der Waals surface area contributed by atoms with Crippen LogP contribution < -0.4 is 5.32 Å². The largest absolute Gasteiger partial charge is 0.396 e. The van der Waals surface area contributed by atoms with Crippen LogP contribution in [0.4, 0.5) is 0 Å². The van der Waals surface area contributed by atoms with Crippen LogP contribution in [0.5, 0.6) is 0 Å². The predicted molar refractivity (Wildman–Crippen MR) is 82.7 cm³/mol. The molecule has 2 N–H and O–H groups in total. The minimum atomic E-state index is 0.364. The lowest BCUT2D eigenvalue weighted by Crippen LogP contribution is -2.32. The molecule has 0 saturated heterocycles. The smallest absolute Gasteiger partial charge is 0.0462 e. The third kappa shape index (κ3) is 3.62. The van der Waals surface area contributed by atoms with E-state index in [-0.39, 0.29) is 0 Å². The Labute approximate surface area is 122 Å². The summed E-state index contributed by atoms with van der Waals surface area (Å²) in [5.41, 5.74) is 2.90. The Kier molecular flexibility index (Phi) is 4.74. The van der Waals surface area contributed by atoms with Gasteiger partial charge in [-0.2, -0.15) is 0 Å². The van der Waals surface area contributed by atoms with Gasteiger partial charge in [0.15, 0.2) is 0 Å². The molecule has 1 aromatic rings. The Bertz CT molecular complexity index is 410. The van der Waals surface area contributed by atoms with E-state index in [2.05, 4.69) is 29.6 Å². The van der Waals surface area contributed by atoms with Gasteiger partial charge in [-0.3, -0.25) is 0 Å². The molecule has 0 bridgehead atoms. The average Bonchev–Trinajstić information content (AvgIpc) is 3.33. The maximum Gasteiger partial charge on any atom is 0.0462 e. The summed E-state index contributed by atoms with van der Waals surface area (Å²) in [7, 11) is 0. The second kappa shape index (κ2) is 6.73. The zero-order valence-electron chi connectivity index (χ0n) is 12.4. The van der Waals surface area contributed by atoms with Crippen LogP contribution in [-0.2, 0) is 6.54 Å². The molecule has 2 heteroatoms. The van der Waals surface area contributed by atoms with E-state index in [4.69, 9.17) is 0 Å². The maximum atomic E-state index is 9.44. The van der Waals surface area contributed by atoms with Gasteiger partial charge in [0.05, 0.1) is 0 Å². The summed E-state index contributed by atoms with van der Waals surface area (Å²) < 4.78 is 0. The molecule has 2 unspecified atom stereocenters. The standard InChI is InChI=1S/C18H27NO/c20-13-18-4-2-1-3-17(18)12-19-11-14-5-7-15(8-6-14)16-9-10-16/h5-8,16-20H,1-4,9-13H2. The first-order chi connectivity index (χ1) is 9.86. The third-order valence-electron chi connectivity index (χ3n) is 5.07. The molecule has 0 aliphatic heterocycles. The number of aliphatic hydroxyl groups is 1. The molecule has 0 radical (unpaired) electrons. The molecule has 2 aliphatic carbocycles. The Morgan fingerprint density at radius 1 is 0.950 bits per heavy atom. The van der Waals surface area contributed by atoms with E-state index < -0.39 is 0 Å². The van der Waals surface area contributed by atoms with E-state index in [9.17, 15) is 5.11 Å². The minimum Gasteiger partial charge on any atom is -0.396 e. The molecule has 0 heterocycles. The predicted octanol–water partition coefficient (Wildman–Crippen LogP) is 3.45. The quantitative estimate of drug-likeness (QED) is 0.832. The SMILES string of the molecule is OCC1CCCCC1CNCc1ccc(C2CC2)cc1. The molecule has 20 heavy (non-hydrogen) atoms. The van der Waals surface area contributed by atoms with Crippen molar-refractivity contribution in [3.63, 3.8) is 0 Å². The van der Waals surface area contributed by atoms with Crippen molar-refractivity contribution in [3.05, 3.63) is 35.4 Å². The van der Waals surface area contributed by atoms with Crippen molar-refractivity contribution in [2.75, 3.05) is 13.2 Å². The van der Waals surface area contributed by atoms with Gasteiger partial charge in [0.25, 0.3) is 0 Å². The second-order valence-corrected chi connectivity index (χ2v) is 6.63. The van der Waals surface area contributed by atoms with E-state index in [1.165, 1.54) is 49.7 Å². The van der Waals surface area contributed by atoms with Gasteiger partial charge in [-0.25, -0.2) is 0 Å². The van der Waals surface area contributed by atoms with E-state index in [1.807, 2.05) is 0 Å². The van der Waals surface area contributed by atoms with Crippen LogP contribution in [0.3, 0.4) is 0 Å². The normalized spacial score (nSPS) is 26.6. The van der Waals surface area contributed by atoms with Gasteiger partial charge in [-0.15, -0.1) is 0 Å². The Morgan fingerprint density at radius 3 is 2.30 bits per heavy atom. The first kappa shape index (κ1) is 14.1. The van der Waals surface area contributed by atoms with E-state index >= 15 is 0 Å². The minimum absolute atomic E-state index is 0.364. The van der Waals surface area contributed by atoms with Crippen molar-refractivity contribution in [2.45, 2.75) is 51.0 Å². The van der Waals surface area contributed by atoms with Gasteiger partial charge in [0, 0.05) is 13.2 Å². The summed E-state index contributed by atoms with van der Waals surface area (Å²) in [5.74, 6) is 2.04. The summed E-state index contributed by atoms with van der Waals surface area (Å²) in [5, 5.41) is 13.0. The van der Waals surface area contributed by atoms with Crippen molar-refractivity contribution >= 4 is 0 Å².